The highest BCUT2D eigenvalue weighted by atomic mass is 14.9. The highest BCUT2D eigenvalue weighted by Gasteiger charge is 2.19. The largest absolute Gasteiger partial charge is 0.308 e. The van der Waals surface area contributed by atoms with Crippen molar-refractivity contribution in [2.75, 3.05) is 0 Å². The smallest absolute Gasteiger partial charge is 0.0221 e. The van der Waals surface area contributed by atoms with Crippen LogP contribution in [-0.2, 0) is 0 Å². The van der Waals surface area contributed by atoms with E-state index in [1.54, 1.807) is 0 Å². The van der Waals surface area contributed by atoms with E-state index in [0.29, 0.717) is 12.1 Å². The maximum Gasteiger partial charge on any atom is 0.0221 e. The number of rotatable bonds is 4. The third-order valence-corrected chi connectivity index (χ3v) is 3.49. The van der Waals surface area contributed by atoms with Gasteiger partial charge in [-0.05, 0) is 32.6 Å². The Labute approximate surface area is 89.0 Å². The molecular formula is C13H25N. The molecule has 0 heterocycles. The molecule has 1 aliphatic carbocycles. The normalized spacial score (nSPS) is 23.9. The number of hydrogen-bond acceptors (Lipinski definition) is 1. The van der Waals surface area contributed by atoms with Gasteiger partial charge in [0.2, 0.25) is 0 Å². The van der Waals surface area contributed by atoms with Crippen molar-refractivity contribution < 1.29 is 0 Å². The summed E-state index contributed by atoms with van der Waals surface area (Å²) in [5, 5.41) is 3.61. The predicted molar refractivity (Wildman–Crippen MR) is 63.4 cm³/mol. The van der Waals surface area contributed by atoms with Crippen LogP contribution in [0.2, 0.25) is 0 Å². The van der Waals surface area contributed by atoms with Gasteiger partial charge in [0, 0.05) is 12.1 Å². The summed E-state index contributed by atoms with van der Waals surface area (Å²) >= 11 is 0. The molecule has 1 N–H and O–H groups in total. The Balaban J connectivity index is 2.33. The first kappa shape index (κ1) is 11.8. The standard InChI is InChI=1S/C13H25N/c1-4-11(2)14-12(3)13-9-7-5-6-8-10-13/h4,11-14H,1,5-10H2,2-3H3/t11?,12-/m1/s1. The second kappa shape index (κ2) is 6.23. The highest BCUT2D eigenvalue weighted by Crippen LogP contribution is 2.25. The lowest BCUT2D eigenvalue weighted by molar-refractivity contribution is 0.328. The molecule has 2 atom stereocenters. The molecule has 1 heteroatoms. The number of hydrogen-bond donors (Lipinski definition) is 1. The third kappa shape index (κ3) is 3.83. The van der Waals surface area contributed by atoms with Crippen molar-refractivity contribution in [2.45, 2.75) is 64.5 Å². The molecule has 0 aromatic rings. The van der Waals surface area contributed by atoms with Gasteiger partial charge in [0.1, 0.15) is 0 Å². The van der Waals surface area contributed by atoms with Crippen LogP contribution in [0.15, 0.2) is 12.7 Å². The lowest BCUT2D eigenvalue weighted by Crippen LogP contribution is -2.38. The molecular weight excluding hydrogens is 170 g/mol. The van der Waals surface area contributed by atoms with Crippen LogP contribution in [0.4, 0.5) is 0 Å². The maximum atomic E-state index is 3.81. The van der Waals surface area contributed by atoms with Crippen LogP contribution >= 0.6 is 0 Å². The summed E-state index contributed by atoms with van der Waals surface area (Å²) in [6.45, 7) is 8.32. The minimum Gasteiger partial charge on any atom is -0.308 e. The first-order valence-corrected chi connectivity index (χ1v) is 6.12. The van der Waals surface area contributed by atoms with Crippen LogP contribution in [-0.4, -0.2) is 12.1 Å². The van der Waals surface area contributed by atoms with Gasteiger partial charge in [-0.25, -0.2) is 0 Å². The molecule has 1 unspecified atom stereocenters. The molecule has 14 heavy (non-hydrogen) atoms. The molecule has 1 aliphatic rings. The Hall–Kier alpha value is -0.300. The fraction of sp³-hybridized carbons (Fsp3) is 0.846. The summed E-state index contributed by atoms with van der Waals surface area (Å²) in [5.41, 5.74) is 0. The van der Waals surface area contributed by atoms with E-state index in [-0.39, 0.29) is 0 Å². The average Bonchev–Trinajstić information content (AvgIpc) is 2.45. The van der Waals surface area contributed by atoms with E-state index < -0.39 is 0 Å². The van der Waals surface area contributed by atoms with Crippen LogP contribution in [0.3, 0.4) is 0 Å². The van der Waals surface area contributed by atoms with E-state index in [0.717, 1.165) is 5.92 Å². The molecule has 0 aliphatic heterocycles. The Bertz CT molecular complexity index is 157. The molecule has 0 radical (unpaired) electrons. The van der Waals surface area contributed by atoms with Crippen LogP contribution in [0.1, 0.15) is 52.4 Å². The second-order valence-corrected chi connectivity index (χ2v) is 4.73. The van der Waals surface area contributed by atoms with Crippen molar-refractivity contribution in [2.24, 2.45) is 5.92 Å². The quantitative estimate of drug-likeness (QED) is 0.534. The lowest BCUT2D eigenvalue weighted by atomic mass is 9.92. The molecule has 0 saturated heterocycles. The monoisotopic (exact) mass is 195 g/mol. The molecule has 1 rings (SSSR count). The van der Waals surface area contributed by atoms with Crippen molar-refractivity contribution in [1.29, 1.82) is 0 Å². The summed E-state index contributed by atoms with van der Waals surface area (Å²) in [6.07, 6.45) is 10.6. The zero-order valence-electron chi connectivity index (χ0n) is 9.76. The summed E-state index contributed by atoms with van der Waals surface area (Å²) in [5.74, 6) is 0.889. The fourth-order valence-corrected chi connectivity index (χ4v) is 2.43. The molecule has 0 bridgehead atoms. The van der Waals surface area contributed by atoms with Gasteiger partial charge in [-0.1, -0.05) is 31.8 Å². The molecule has 0 spiro atoms. The topological polar surface area (TPSA) is 12.0 Å². The zero-order valence-corrected chi connectivity index (χ0v) is 9.76. The van der Waals surface area contributed by atoms with Gasteiger partial charge in [-0.15, -0.1) is 6.58 Å². The van der Waals surface area contributed by atoms with Gasteiger partial charge in [0.15, 0.2) is 0 Å². The highest BCUT2D eigenvalue weighted by molar-refractivity contribution is 4.85. The summed E-state index contributed by atoms with van der Waals surface area (Å²) in [7, 11) is 0. The summed E-state index contributed by atoms with van der Waals surface area (Å²) in [4.78, 5) is 0. The van der Waals surface area contributed by atoms with E-state index in [1.165, 1.54) is 38.5 Å². The minimum absolute atomic E-state index is 0.452. The first-order chi connectivity index (χ1) is 6.74. The van der Waals surface area contributed by atoms with Gasteiger partial charge < -0.3 is 5.32 Å². The molecule has 1 nitrogen and oxygen atoms in total. The van der Waals surface area contributed by atoms with Crippen molar-refractivity contribution >= 4 is 0 Å². The van der Waals surface area contributed by atoms with Gasteiger partial charge in [-0.2, -0.15) is 0 Å². The second-order valence-electron chi connectivity index (χ2n) is 4.73. The van der Waals surface area contributed by atoms with E-state index >= 15 is 0 Å². The molecule has 1 saturated carbocycles. The predicted octanol–water partition coefficient (Wildman–Crippen LogP) is 3.51. The van der Waals surface area contributed by atoms with Crippen LogP contribution in [0, 0.1) is 5.92 Å². The van der Waals surface area contributed by atoms with Crippen molar-refractivity contribution in [3.05, 3.63) is 12.7 Å². The van der Waals surface area contributed by atoms with Crippen LogP contribution < -0.4 is 5.32 Å². The van der Waals surface area contributed by atoms with E-state index in [2.05, 4.69) is 25.7 Å². The third-order valence-electron chi connectivity index (χ3n) is 3.49. The van der Waals surface area contributed by atoms with Gasteiger partial charge in [0.05, 0.1) is 0 Å². The molecule has 0 aromatic carbocycles. The van der Waals surface area contributed by atoms with Gasteiger partial charge >= 0.3 is 0 Å². The van der Waals surface area contributed by atoms with E-state index in [4.69, 9.17) is 0 Å². The zero-order chi connectivity index (χ0) is 10.4. The Morgan fingerprint density at radius 2 is 1.71 bits per heavy atom. The summed E-state index contributed by atoms with van der Waals surface area (Å²) < 4.78 is 0. The Kier molecular flexibility index (Phi) is 5.24. The summed E-state index contributed by atoms with van der Waals surface area (Å²) in [6, 6.07) is 1.11. The Morgan fingerprint density at radius 1 is 1.14 bits per heavy atom. The molecule has 82 valence electrons. The van der Waals surface area contributed by atoms with Crippen LogP contribution in [0.25, 0.3) is 0 Å². The van der Waals surface area contributed by atoms with Gasteiger partial charge in [0.25, 0.3) is 0 Å². The van der Waals surface area contributed by atoms with Crippen molar-refractivity contribution in [3.63, 3.8) is 0 Å². The van der Waals surface area contributed by atoms with Crippen molar-refractivity contribution in [3.8, 4) is 0 Å². The Morgan fingerprint density at radius 3 is 2.21 bits per heavy atom. The van der Waals surface area contributed by atoms with E-state index in [9.17, 15) is 0 Å². The van der Waals surface area contributed by atoms with Gasteiger partial charge in [-0.3, -0.25) is 0 Å². The van der Waals surface area contributed by atoms with Crippen LogP contribution in [0.5, 0.6) is 0 Å². The molecule has 0 amide bonds. The lowest BCUT2D eigenvalue weighted by Gasteiger charge is -2.25. The first-order valence-electron chi connectivity index (χ1n) is 6.12. The maximum absolute atomic E-state index is 3.81. The minimum atomic E-state index is 0.452. The molecule has 0 aromatic heterocycles. The number of nitrogens with one attached hydrogen (secondary N) is 1. The molecule has 1 fully saturated rings. The SMILES string of the molecule is C=CC(C)N[C@H](C)C1CCCCCC1. The van der Waals surface area contributed by atoms with E-state index in [1.807, 2.05) is 6.08 Å². The van der Waals surface area contributed by atoms with Crippen molar-refractivity contribution in [1.82, 2.24) is 5.32 Å². The fourth-order valence-electron chi connectivity index (χ4n) is 2.43. The average molecular weight is 195 g/mol.